The van der Waals surface area contributed by atoms with Crippen LogP contribution in [0.1, 0.15) is 18.5 Å². The summed E-state index contributed by atoms with van der Waals surface area (Å²) in [5, 5.41) is 2.09. The van der Waals surface area contributed by atoms with Gasteiger partial charge in [0.25, 0.3) is 0 Å². The number of rotatable bonds is 3. The first-order valence-corrected chi connectivity index (χ1v) is 7.42. The fourth-order valence-corrected chi connectivity index (χ4v) is 3.69. The number of hydrogen-bond acceptors (Lipinski definition) is 3. The van der Waals surface area contributed by atoms with Crippen LogP contribution in [0.2, 0.25) is 0 Å². The fraction of sp³-hybridized carbons (Fsp3) is 0.167. The molecule has 0 unspecified atom stereocenters. The lowest BCUT2D eigenvalue weighted by atomic mass is 10.1. The van der Waals surface area contributed by atoms with Crippen LogP contribution in [0.5, 0.6) is 0 Å². The largest absolute Gasteiger partial charge is 0.324 e. The summed E-state index contributed by atoms with van der Waals surface area (Å²) in [5.41, 5.74) is 7.00. The maximum Gasteiger partial charge on any atom is 0.0646 e. The molecule has 0 saturated heterocycles. The highest BCUT2D eigenvalue weighted by Crippen LogP contribution is 2.36. The molecule has 1 heterocycles. The van der Waals surface area contributed by atoms with E-state index in [1.807, 2.05) is 6.92 Å². The highest BCUT2D eigenvalue weighted by atomic mass is 79.9. The van der Waals surface area contributed by atoms with Crippen LogP contribution in [-0.2, 0) is 0 Å². The molecule has 2 aromatic rings. The van der Waals surface area contributed by atoms with Crippen molar-refractivity contribution in [3.63, 3.8) is 0 Å². The molecule has 2 N–H and O–H groups in total. The van der Waals surface area contributed by atoms with E-state index in [0.717, 1.165) is 10.0 Å². The molecule has 0 aliphatic heterocycles. The molecule has 0 bridgehead atoms. The van der Waals surface area contributed by atoms with Crippen LogP contribution in [0.25, 0.3) is 0 Å². The van der Waals surface area contributed by atoms with Crippen molar-refractivity contribution in [1.29, 1.82) is 0 Å². The van der Waals surface area contributed by atoms with Crippen LogP contribution >= 0.6 is 39.0 Å². The highest BCUT2D eigenvalue weighted by Gasteiger charge is 2.06. The van der Waals surface area contributed by atoms with Crippen molar-refractivity contribution in [2.45, 2.75) is 22.1 Å². The lowest BCUT2D eigenvalue weighted by Gasteiger charge is -2.08. The van der Waals surface area contributed by atoms with Gasteiger partial charge in [0, 0.05) is 15.4 Å². The quantitative estimate of drug-likeness (QED) is 0.890. The van der Waals surface area contributed by atoms with E-state index >= 15 is 0 Å². The number of nitrogens with two attached hydrogens (primary N) is 1. The van der Waals surface area contributed by atoms with E-state index in [2.05, 4.69) is 51.6 Å². The Kier molecular flexibility index (Phi) is 4.08. The van der Waals surface area contributed by atoms with Crippen LogP contribution in [-0.4, -0.2) is 0 Å². The Morgan fingerprint density at radius 1 is 1.38 bits per heavy atom. The molecule has 4 heteroatoms. The van der Waals surface area contributed by atoms with E-state index in [-0.39, 0.29) is 6.04 Å². The van der Waals surface area contributed by atoms with Gasteiger partial charge in [-0.05, 0) is 52.0 Å². The molecule has 1 atom stereocenters. The minimum absolute atomic E-state index is 0.0806. The molecule has 0 amide bonds. The van der Waals surface area contributed by atoms with Crippen LogP contribution in [0.3, 0.4) is 0 Å². The van der Waals surface area contributed by atoms with Crippen molar-refractivity contribution in [1.82, 2.24) is 0 Å². The molecular formula is C12H12BrNS2. The van der Waals surface area contributed by atoms with E-state index in [1.165, 1.54) is 9.10 Å². The van der Waals surface area contributed by atoms with Crippen LogP contribution < -0.4 is 5.73 Å². The Morgan fingerprint density at radius 3 is 2.75 bits per heavy atom. The van der Waals surface area contributed by atoms with Crippen LogP contribution in [0.15, 0.2) is 49.3 Å². The van der Waals surface area contributed by atoms with Crippen molar-refractivity contribution in [2.24, 2.45) is 5.73 Å². The molecule has 1 aromatic heterocycles. The monoisotopic (exact) mass is 313 g/mol. The first-order chi connectivity index (χ1) is 7.66. The Bertz CT molecular complexity index is 466. The van der Waals surface area contributed by atoms with Gasteiger partial charge in [0.1, 0.15) is 0 Å². The molecule has 1 aromatic carbocycles. The molecule has 84 valence electrons. The summed E-state index contributed by atoms with van der Waals surface area (Å²) in [7, 11) is 0. The van der Waals surface area contributed by atoms with Gasteiger partial charge in [0.2, 0.25) is 0 Å². The van der Waals surface area contributed by atoms with Gasteiger partial charge in [-0.1, -0.05) is 23.9 Å². The molecule has 1 nitrogen and oxygen atoms in total. The van der Waals surface area contributed by atoms with Gasteiger partial charge in [-0.2, -0.15) is 0 Å². The summed E-state index contributed by atoms with van der Waals surface area (Å²) >= 11 is 7.12. The third-order valence-electron chi connectivity index (χ3n) is 2.19. The second-order valence-corrected chi connectivity index (χ2v) is 6.66. The first-order valence-electron chi connectivity index (χ1n) is 4.93. The first kappa shape index (κ1) is 12.2. The lowest BCUT2D eigenvalue weighted by molar-refractivity contribution is 0.815. The normalized spacial score (nSPS) is 12.7. The summed E-state index contributed by atoms with van der Waals surface area (Å²) in [6.07, 6.45) is 0. The van der Waals surface area contributed by atoms with E-state index in [9.17, 15) is 0 Å². The van der Waals surface area contributed by atoms with E-state index in [0.29, 0.717) is 0 Å². The zero-order valence-electron chi connectivity index (χ0n) is 8.81. The third-order valence-corrected chi connectivity index (χ3v) is 5.22. The van der Waals surface area contributed by atoms with Gasteiger partial charge >= 0.3 is 0 Å². The van der Waals surface area contributed by atoms with E-state index < -0.39 is 0 Å². The number of benzene rings is 1. The number of hydrogen-bond donors (Lipinski definition) is 1. The van der Waals surface area contributed by atoms with Gasteiger partial charge in [0.05, 0.1) is 4.21 Å². The molecule has 0 fully saturated rings. The molecule has 0 aliphatic carbocycles. The molecule has 0 aliphatic rings. The van der Waals surface area contributed by atoms with Crippen LogP contribution in [0.4, 0.5) is 0 Å². The SMILES string of the molecule is C[C@H](N)c1ccc(Sc2cccs2)c(Br)c1. The Labute approximate surface area is 112 Å². The van der Waals surface area contributed by atoms with Crippen molar-refractivity contribution >= 4 is 39.0 Å². The second kappa shape index (κ2) is 5.36. The maximum atomic E-state index is 5.84. The topological polar surface area (TPSA) is 26.0 Å². The molecule has 2 rings (SSSR count). The smallest absolute Gasteiger partial charge is 0.0646 e. The highest BCUT2D eigenvalue weighted by molar-refractivity contribution is 9.10. The number of halogens is 1. The predicted octanol–water partition coefficient (Wildman–Crippen LogP) is 4.68. The van der Waals surface area contributed by atoms with Crippen molar-refractivity contribution < 1.29 is 0 Å². The van der Waals surface area contributed by atoms with Gasteiger partial charge < -0.3 is 5.73 Å². The standard InChI is InChI=1S/C12H12BrNS2/c1-8(14)9-4-5-11(10(13)7-9)16-12-3-2-6-15-12/h2-8H,14H2,1H3/t8-/m0/s1. The molecule has 16 heavy (non-hydrogen) atoms. The van der Waals surface area contributed by atoms with Gasteiger partial charge in [-0.3, -0.25) is 0 Å². The van der Waals surface area contributed by atoms with Crippen molar-refractivity contribution in [3.05, 3.63) is 45.7 Å². The summed E-state index contributed by atoms with van der Waals surface area (Å²) in [5.74, 6) is 0. The zero-order valence-corrected chi connectivity index (χ0v) is 12.0. The Hall–Kier alpha value is -0.290. The summed E-state index contributed by atoms with van der Waals surface area (Å²) in [6, 6.07) is 10.6. The van der Waals surface area contributed by atoms with Crippen LogP contribution in [0, 0.1) is 0 Å². The predicted molar refractivity (Wildman–Crippen MR) is 75.2 cm³/mol. The summed E-state index contributed by atoms with van der Waals surface area (Å²) < 4.78 is 2.41. The number of thiophene rings is 1. The van der Waals surface area contributed by atoms with E-state index in [1.54, 1.807) is 23.1 Å². The van der Waals surface area contributed by atoms with Crippen molar-refractivity contribution in [3.8, 4) is 0 Å². The average molecular weight is 314 g/mol. The van der Waals surface area contributed by atoms with Gasteiger partial charge in [-0.15, -0.1) is 11.3 Å². The molecule has 0 saturated carbocycles. The lowest BCUT2D eigenvalue weighted by Crippen LogP contribution is -2.04. The second-order valence-electron chi connectivity index (χ2n) is 3.51. The summed E-state index contributed by atoms with van der Waals surface area (Å²) in [6.45, 7) is 1.99. The zero-order chi connectivity index (χ0) is 11.5. The fourth-order valence-electron chi connectivity index (χ4n) is 1.31. The van der Waals surface area contributed by atoms with Crippen molar-refractivity contribution in [2.75, 3.05) is 0 Å². The Balaban J connectivity index is 2.23. The molecule has 0 spiro atoms. The van der Waals surface area contributed by atoms with E-state index in [4.69, 9.17) is 5.73 Å². The molecular weight excluding hydrogens is 302 g/mol. The molecule has 0 radical (unpaired) electrons. The summed E-state index contributed by atoms with van der Waals surface area (Å²) in [4.78, 5) is 1.23. The van der Waals surface area contributed by atoms with Gasteiger partial charge in [-0.25, -0.2) is 0 Å². The van der Waals surface area contributed by atoms with Gasteiger partial charge in [0.15, 0.2) is 0 Å². The third kappa shape index (κ3) is 2.88. The Morgan fingerprint density at radius 2 is 2.19 bits per heavy atom. The minimum Gasteiger partial charge on any atom is -0.324 e. The minimum atomic E-state index is 0.0806. The maximum absolute atomic E-state index is 5.84. The average Bonchev–Trinajstić information content (AvgIpc) is 2.73.